The van der Waals surface area contributed by atoms with Crippen LogP contribution in [0.25, 0.3) is 11.0 Å². The van der Waals surface area contributed by atoms with E-state index in [0.29, 0.717) is 5.75 Å². The van der Waals surface area contributed by atoms with Gasteiger partial charge in [0.15, 0.2) is 12.3 Å². The Kier molecular flexibility index (Phi) is 5.73. The lowest BCUT2D eigenvalue weighted by atomic mass is 10.2. The summed E-state index contributed by atoms with van der Waals surface area (Å²) in [7, 11) is 0. The summed E-state index contributed by atoms with van der Waals surface area (Å²) in [5.74, 6) is -0.0681. The van der Waals surface area contributed by atoms with Crippen molar-refractivity contribution in [2.75, 3.05) is 18.5 Å². The molecule has 0 spiro atoms. The molecule has 1 aromatic carbocycles. The van der Waals surface area contributed by atoms with Gasteiger partial charge in [0, 0.05) is 6.42 Å². The highest BCUT2D eigenvalue weighted by atomic mass is 35.5. The Labute approximate surface area is 175 Å². The van der Waals surface area contributed by atoms with Gasteiger partial charge in [0.2, 0.25) is 5.95 Å². The van der Waals surface area contributed by atoms with Gasteiger partial charge < -0.3 is 19.7 Å². The van der Waals surface area contributed by atoms with Crippen molar-refractivity contribution in [3.8, 4) is 5.75 Å². The van der Waals surface area contributed by atoms with Crippen molar-refractivity contribution in [2.24, 2.45) is 0 Å². The number of benzene rings is 1. The summed E-state index contributed by atoms with van der Waals surface area (Å²) in [4.78, 5) is 31.4. The summed E-state index contributed by atoms with van der Waals surface area (Å²) in [6, 6.07) is 10.2. The Balaban J connectivity index is 1.56. The topological polar surface area (TPSA) is 139 Å². The second kappa shape index (κ2) is 8.44. The average molecular weight is 435 g/mol. The molecule has 1 amide bonds. The second-order valence-corrected chi connectivity index (χ2v) is 7.14. The molecule has 0 saturated carbocycles. The van der Waals surface area contributed by atoms with Crippen molar-refractivity contribution in [1.82, 2.24) is 14.5 Å². The maximum atomic E-state index is 12.4. The number of carbonyl (C=O) groups is 1. The first-order valence-corrected chi connectivity index (χ1v) is 9.57. The van der Waals surface area contributed by atoms with Gasteiger partial charge in [-0.05, 0) is 18.2 Å². The molecule has 0 radical (unpaired) electrons. The third kappa shape index (κ3) is 4.03. The van der Waals surface area contributed by atoms with Gasteiger partial charge in [-0.15, -0.1) is 0 Å². The van der Waals surface area contributed by atoms with E-state index in [1.54, 1.807) is 24.3 Å². The first-order chi connectivity index (χ1) is 14.5. The van der Waals surface area contributed by atoms with Crippen molar-refractivity contribution >= 4 is 34.5 Å². The number of halogens is 1. The minimum atomic E-state index is -0.884. The lowest BCUT2D eigenvalue weighted by Crippen LogP contribution is -2.24. The molecule has 3 atom stereocenters. The van der Waals surface area contributed by atoms with E-state index < -0.39 is 29.9 Å². The van der Waals surface area contributed by atoms with Crippen molar-refractivity contribution in [1.29, 1.82) is 0 Å². The molecule has 4 N–H and O–H groups in total. The van der Waals surface area contributed by atoms with E-state index in [9.17, 15) is 19.8 Å². The van der Waals surface area contributed by atoms with Gasteiger partial charge in [-0.3, -0.25) is 24.5 Å². The zero-order valence-corrected chi connectivity index (χ0v) is 16.4. The lowest BCUT2D eigenvalue weighted by Gasteiger charge is -2.16. The fraction of sp³-hybridized carbons (Fsp3) is 0.316. The largest absolute Gasteiger partial charge is 0.484 e. The Morgan fingerprint density at radius 2 is 2.17 bits per heavy atom. The Morgan fingerprint density at radius 1 is 1.40 bits per heavy atom. The number of aromatic amines is 1. The van der Waals surface area contributed by atoms with Crippen molar-refractivity contribution in [3.05, 3.63) is 51.9 Å². The van der Waals surface area contributed by atoms with E-state index in [2.05, 4.69) is 15.3 Å². The molecular weight excluding hydrogens is 416 g/mol. The zero-order valence-electron chi connectivity index (χ0n) is 15.6. The van der Waals surface area contributed by atoms with E-state index in [-0.39, 0.29) is 41.8 Å². The standard InChI is InChI=1S/C19H19ClN4O6/c20-14-6-11-17(24(14)16-7-12(26)13(8-25)30-16)22-19(23-18(11)28)21-15(27)9-29-10-4-2-1-3-5-10/h1-6,12-13,16,25-26H,7-9H2,(H2,21,22,23,27,28)/t12-,13+,16+/m0/s1. The first-order valence-electron chi connectivity index (χ1n) is 9.19. The fourth-order valence-electron chi connectivity index (χ4n) is 3.28. The normalized spacial score (nSPS) is 21.1. The number of hydrogen-bond acceptors (Lipinski definition) is 7. The Hall–Kier alpha value is -2.92. The number of nitrogens with one attached hydrogen (secondary N) is 2. The highest BCUT2D eigenvalue weighted by Crippen LogP contribution is 2.34. The number of carbonyl (C=O) groups excluding carboxylic acids is 1. The molecule has 1 saturated heterocycles. The molecule has 3 aromatic rings. The van der Waals surface area contributed by atoms with Gasteiger partial charge in [-0.2, -0.15) is 4.98 Å². The van der Waals surface area contributed by atoms with Crippen LogP contribution in [-0.4, -0.2) is 56.1 Å². The number of fused-ring (bicyclic) bond motifs is 1. The fourth-order valence-corrected chi connectivity index (χ4v) is 3.58. The summed E-state index contributed by atoms with van der Waals surface area (Å²) in [6.07, 6.45) is -2.21. The van der Waals surface area contributed by atoms with Crippen LogP contribution in [0.5, 0.6) is 5.75 Å². The second-order valence-electron chi connectivity index (χ2n) is 6.75. The molecule has 4 rings (SSSR count). The number of ether oxygens (including phenoxy) is 2. The van der Waals surface area contributed by atoms with Crippen LogP contribution in [0, 0.1) is 0 Å². The summed E-state index contributed by atoms with van der Waals surface area (Å²) in [5, 5.41) is 22.2. The summed E-state index contributed by atoms with van der Waals surface area (Å²) in [6.45, 7) is -0.630. The average Bonchev–Trinajstić information content (AvgIpc) is 3.26. The number of anilines is 1. The van der Waals surface area contributed by atoms with E-state index >= 15 is 0 Å². The number of H-pyrrole nitrogens is 1. The van der Waals surface area contributed by atoms with Gasteiger partial charge in [0.1, 0.15) is 23.2 Å². The molecule has 1 aliphatic rings. The SMILES string of the molecule is O=C(COc1ccccc1)Nc1nc2c(cc(Cl)n2[C@H]2C[C@H](O)[C@@H](CO)O2)c(=O)[nH]1. The molecule has 0 unspecified atom stereocenters. The molecular formula is C19H19ClN4O6. The van der Waals surface area contributed by atoms with Crippen LogP contribution in [0.4, 0.5) is 5.95 Å². The van der Waals surface area contributed by atoms with Crippen LogP contribution in [0.2, 0.25) is 5.15 Å². The van der Waals surface area contributed by atoms with Gasteiger partial charge in [0.05, 0.1) is 18.1 Å². The maximum Gasteiger partial charge on any atom is 0.264 e. The van der Waals surface area contributed by atoms with Crippen LogP contribution < -0.4 is 15.6 Å². The van der Waals surface area contributed by atoms with Crippen LogP contribution in [0.1, 0.15) is 12.6 Å². The maximum absolute atomic E-state index is 12.4. The molecule has 1 aliphatic heterocycles. The van der Waals surface area contributed by atoms with Gasteiger partial charge in [-0.25, -0.2) is 0 Å². The number of nitrogens with zero attached hydrogens (tertiary/aromatic N) is 2. The van der Waals surface area contributed by atoms with E-state index in [1.165, 1.54) is 10.6 Å². The molecule has 0 bridgehead atoms. The quantitative estimate of drug-likeness (QED) is 0.454. The van der Waals surface area contributed by atoms with Crippen LogP contribution in [0.3, 0.4) is 0 Å². The number of rotatable bonds is 6. The molecule has 11 heteroatoms. The zero-order chi connectivity index (χ0) is 21.3. The molecule has 10 nitrogen and oxygen atoms in total. The molecule has 30 heavy (non-hydrogen) atoms. The Morgan fingerprint density at radius 3 is 2.87 bits per heavy atom. The summed E-state index contributed by atoms with van der Waals surface area (Å²) >= 11 is 6.27. The first kappa shape index (κ1) is 20.4. The number of aromatic nitrogens is 3. The van der Waals surface area contributed by atoms with Gasteiger partial charge >= 0.3 is 0 Å². The van der Waals surface area contributed by atoms with Crippen LogP contribution in [-0.2, 0) is 9.53 Å². The molecule has 158 valence electrons. The summed E-state index contributed by atoms with van der Waals surface area (Å²) < 4.78 is 12.4. The Bertz CT molecular complexity index is 1120. The number of hydrogen-bond donors (Lipinski definition) is 4. The summed E-state index contributed by atoms with van der Waals surface area (Å²) in [5.41, 5.74) is -0.323. The minimum absolute atomic E-state index is 0.0811. The molecule has 0 aliphatic carbocycles. The van der Waals surface area contributed by atoms with Crippen molar-refractivity contribution in [2.45, 2.75) is 24.9 Å². The van der Waals surface area contributed by atoms with E-state index in [4.69, 9.17) is 21.1 Å². The molecule has 2 aromatic heterocycles. The van der Waals surface area contributed by atoms with E-state index in [1.807, 2.05) is 6.07 Å². The lowest BCUT2D eigenvalue weighted by molar-refractivity contribution is -0.118. The number of amides is 1. The molecule has 3 heterocycles. The van der Waals surface area contributed by atoms with Crippen molar-refractivity contribution < 1.29 is 24.5 Å². The minimum Gasteiger partial charge on any atom is -0.484 e. The third-order valence-corrected chi connectivity index (χ3v) is 4.99. The third-order valence-electron chi connectivity index (χ3n) is 4.70. The molecule has 1 fully saturated rings. The highest BCUT2D eigenvalue weighted by molar-refractivity contribution is 6.30. The number of para-hydroxylation sites is 1. The number of aliphatic hydroxyl groups excluding tert-OH is 2. The van der Waals surface area contributed by atoms with Crippen LogP contribution in [0.15, 0.2) is 41.2 Å². The predicted octanol–water partition coefficient (Wildman–Crippen LogP) is 1.04. The van der Waals surface area contributed by atoms with Gasteiger partial charge in [0.25, 0.3) is 11.5 Å². The predicted molar refractivity (Wildman–Crippen MR) is 108 cm³/mol. The smallest absolute Gasteiger partial charge is 0.264 e. The number of aliphatic hydroxyl groups is 2. The van der Waals surface area contributed by atoms with Crippen molar-refractivity contribution in [3.63, 3.8) is 0 Å². The monoisotopic (exact) mass is 434 g/mol. The van der Waals surface area contributed by atoms with Crippen LogP contribution >= 0.6 is 11.6 Å². The highest BCUT2D eigenvalue weighted by Gasteiger charge is 2.36. The van der Waals surface area contributed by atoms with E-state index in [0.717, 1.165) is 0 Å². The van der Waals surface area contributed by atoms with Gasteiger partial charge in [-0.1, -0.05) is 29.8 Å².